The van der Waals surface area contributed by atoms with Gasteiger partial charge in [0.1, 0.15) is 5.75 Å². The zero-order chi connectivity index (χ0) is 22.3. The van der Waals surface area contributed by atoms with E-state index in [1.807, 2.05) is 51.2 Å². The second-order valence-corrected chi connectivity index (χ2v) is 7.56. The van der Waals surface area contributed by atoms with Gasteiger partial charge in [0.15, 0.2) is 5.96 Å². The molecule has 0 aliphatic rings. The highest BCUT2D eigenvalue weighted by atomic mass is 16.5. The van der Waals surface area contributed by atoms with Gasteiger partial charge in [-0.1, -0.05) is 0 Å². The van der Waals surface area contributed by atoms with Crippen LogP contribution in [0.4, 0.5) is 5.69 Å². The van der Waals surface area contributed by atoms with Crippen LogP contribution in [0.2, 0.25) is 0 Å². The number of rotatable bonds is 14. The van der Waals surface area contributed by atoms with Crippen LogP contribution in [0.1, 0.15) is 37.9 Å². The lowest BCUT2D eigenvalue weighted by molar-refractivity contribution is 0.0699. The molecule has 1 aromatic carbocycles. The fourth-order valence-corrected chi connectivity index (χ4v) is 2.88. The Labute approximate surface area is 185 Å². The van der Waals surface area contributed by atoms with E-state index >= 15 is 0 Å². The molecule has 0 aliphatic carbocycles. The van der Waals surface area contributed by atoms with Crippen LogP contribution in [0.15, 0.2) is 35.5 Å². The van der Waals surface area contributed by atoms with Gasteiger partial charge in [-0.05, 0) is 69.9 Å². The number of nitrogens with zero attached hydrogens (tertiary/aromatic N) is 2. The number of benzene rings is 1. The first-order valence-electron chi connectivity index (χ1n) is 11.0. The lowest BCUT2D eigenvalue weighted by atomic mass is 10.1. The molecular formula is C23H37N5O3. The molecule has 172 valence electrons. The van der Waals surface area contributed by atoms with Crippen LogP contribution in [0.25, 0.3) is 0 Å². The zero-order valence-electron chi connectivity index (χ0n) is 19.2. The molecule has 0 fully saturated rings. The fraction of sp³-hybridized carbons (Fsp3) is 0.565. The van der Waals surface area contributed by atoms with Crippen molar-refractivity contribution >= 4 is 11.6 Å². The monoisotopic (exact) mass is 431 g/mol. The van der Waals surface area contributed by atoms with Gasteiger partial charge in [-0.3, -0.25) is 10.1 Å². The number of aliphatic imine (C=N–C) groups is 1. The summed E-state index contributed by atoms with van der Waals surface area (Å²) in [5.74, 6) is 1.62. The molecule has 8 nitrogen and oxygen atoms in total. The number of anilines is 1. The van der Waals surface area contributed by atoms with Crippen LogP contribution in [0.5, 0.6) is 5.75 Å². The van der Waals surface area contributed by atoms with Gasteiger partial charge in [0, 0.05) is 38.2 Å². The number of aromatic amines is 1. The number of guanidine groups is 1. The largest absolute Gasteiger partial charge is 0.491 e. The third-order valence-electron chi connectivity index (χ3n) is 4.49. The van der Waals surface area contributed by atoms with E-state index in [1.54, 1.807) is 7.11 Å². The Bertz CT molecular complexity index is 759. The van der Waals surface area contributed by atoms with Crippen molar-refractivity contribution in [3.05, 3.63) is 41.7 Å². The van der Waals surface area contributed by atoms with Crippen LogP contribution in [-0.4, -0.2) is 62.3 Å². The second kappa shape index (κ2) is 14.4. The summed E-state index contributed by atoms with van der Waals surface area (Å²) in [5, 5.41) is 13.8. The summed E-state index contributed by atoms with van der Waals surface area (Å²) in [5.41, 5.74) is 3.33. The molecule has 31 heavy (non-hydrogen) atoms. The maximum atomic E-state index is 5.71. The van der Waals surface area contributed by atoms with Gasteiger partial charge in [-0.25, -0.2) is 0 Å². The van der Waals surface area contributed by atoms with Crippen LogP contribution >= 0.6 is 0 Å². The average Bonchev–Trinajstić information content (AvgIpc) is 3.16. The van der Waals surface area contributed by atoms with Gasteiger partial charge >= 0.3 is 0 Å². The standard InChI is InChI=1S/C23H37N5O3/c1-18(2)31-22-10-8-21(9-11-22)27-23(25-13-6-14-30-16-15-29-4)24-12-5-7-20-17-26-28-19(20)3/h8-11,17-18H,5-7,12-16H2,1-4H3,(H,26,28)(H2,24,25,27). The molecule has 0 saturated heterocycles. The SMILES string of the molecule is COCCOCCCNC(=NCCCc1cn[nH]c1C)Nc1ccc(OC(C)C)cc1. The minimum absolute atomic E-state index is 0.155. The van der Waals surface area contributed by atoms with Crippen molar-refractivity contribution < 1.29 is 14.2 Å². The van der Waals surface area contributed by atoms with E-state index in [1.165, 1.54) is 5.56 Å². The third kappa shape index (κ3) is 10.3. The quantitative estimate of drug-likeness (QED) is 0.241. The summed E-state index contributed by atoms with van der Waals surface area (Å²) in [7, 11) is 1.68. The minimum Gasteiger partial charge on any atom is -0.491 e. The normalized spacial score (nSPS) is 11.7. The number of hydrogen-bond acceptors (Lipinski definition) is 5. The van der Waals surface area contributed by atoms with Crippen molar-refractivity contribution in [3.63, 3.8) is 0 Å². The van der Waals surface area contributed by atoms with Gasteiger partial charge in [-0.15, -0.1) is 0 Å². The lowest BCUT2D eigenvalue weighted by Gasteiger charge is -2.14. The molecule has 0 radical (unpaired) electrons. The molecule has 0 unspecified atom stereocenters. The molecular weight excluding hydrogens is 394 g/mol. The van der Waals surface area contributed by atoms with Crippen molar-refractivity contribution in [2.24, 2.45) is 4.99 Å². The Morgan fingerprint density at radius 3 is 2.61 bits per heavy atom. The summed E-state index contributed by atoms with van der Waals surface area (Å²) >= 11 is 0. The molecule has 0 aliphatic heterocycles. The van der Waals surface area contributed by atoms with E-state index < -0.39 is 0 Å². The van der Waals surface area contributed by atoms with Gasteiger partial charge in [-0.2, -0.15) is 5.10 Å². The fourth-order valence-electron chi connectivity index (χ4n) is 2.88. The summed E-state index contributed by atoms with van der Waals surface area (Å²) in [4.78, 5) is 4.74. The summed E-state index contributed by atoms with van der Waals surface area (Å²) < 4.78 is 16.2. The lowest BCUT2D eigenvalue weighted by Crippen LogP contribution is -2.32. The van der Waals surface area contributed by atoms with E-state index in [0.717, 1.165) is 55.4 Å². The van der Waals surface area contributed by atoms with Gasteiger partial charge in [0.2, 0.25) is 0 Å². The maximum absolute atomic E-state index is 5.71. The highest BCUT2D eigenvalue weighted by molar-refractivity contribution is 5.93. The van der Waals surface area contributed by atoms with Crippen molar-refractivity contribution in [1.82, 2.24) is 15.5 Å². The molecule has 2 aromatic rings. The molecule has 1 aromatic heterocycles. The first-order chi connectivity index (χ1) is 15.1. The second-order valence-electron chi connectivity index (χ2n) is 7.56. The Morgan fingerprint density at radius 1 is 1.13 bits per heavy atom. The van der Waals surface area contributed by atoms with E-state index in [0.29, 0.717) is 19.8 Å². The topological polar surface area (TPSA) is 92.8 Å². The minimum atomic E-state index is 0.155. The Hall–Kier alpha value is -2.58. The number of H-pyrrole nitrogens is 1. The van der Waals surface area contributed by atoms with Crippen LogP contribution < -0.4 is 15.4 Å². The first-order valence-corrected chi connectivity index (χ1v) is 11.0. The Balaban J connectivity index is 1.85. The smallest absolute Gasteiger partial charge is 0.195 e. The number of aromatic nitrogens is 2. The number of nitrogens with one attached hydrogen (secondary N) is 3. The highest BCUT2D eigenvalue weighted by Gasteiger charge is 2.04. The maximum Gasteiger partial charge on any atom is 0.195 e. The highest BCUT2D eigenvalue weighted by Crippen LogP contribution is 2.17. The van der Waals surface area contributed by atoms with Crippen LogP contribution in [0.3, 0.4) is 0 Å². The summed E-state index contributed by atoms with van der Waals surface area (Å²) in [6.45, 7) is 9.50. The van der Waals surface area contributed by atoms with Crippen LogP contribution in [-0.2, 0) is 15.9 Å². The van der Waals surface area contributed by atoms with Crippen molar-refractivity contribution in [2.45, 2.75) is 46.1 Å². The Morgan fingerprint density at radius 2 is 1.94 bits per heavy atom. The van der Waals surface area contributed by atoms with Crippen LogP contribution in [0, 0.1) is 6.92 Å². The molecule has 1 heterocycles. The summed E-state index contributed by atoms with van der Waals surface area (Å²) in [6, 6.07) is 7.92. The van der Waals surface area contributed by atoms with Gasteiger partial charge in [0.05, 0.1) is 25.5 Å². The zero-order valence-corrected chi connectivity index (χ0v) is 19.2. The molecule has 0 amide bonds. The van der Waals surface area contributed by atoms with E-state index in [2.05, 4.69) is 20.8 Å². The van der Waals surface area contributed by atoms with Gasteiger partial charge < -0.3 is 24.8 Å². The van der Waals surface area contributed by atoms with E-state index in [-0.39, 0.29) is 6.10 Å². The average molecular weight is 432 g/mol. The van der Waals surface area contributed by atoms with Crippen molar-refractivity contribution in [1.29, 1.82) is 0 Å². The van der Waals surface area contributed by atoms with Crippen molar-refractivity contribution in [2.75, 3.05) is 45.3 Å². The van der Waals surface area contributed by atoms with Crippen molar-refractivity contribution in [3.8, 4) is 5.75 Å². The predicted molar refractivity (Wildman–Crippen MR) is 125 cm³/mol. The molecule has 3 N–H and O–H groups in total. The molecule has 0 bridgehead atoms. The van der Waals surface area contributed by atoms with Gasteiger partial charge in [0.25, 0.3) is 0 Å². The summed E-state index contributed by atoms with van der Waals surface area (Å²) in [6.07, 6.45) is 4.84. The Kier molecular flexibility index (Phi) is 11.5. The molecule has 8 heteroatoms. The number of aryl methyl sites for hydroxylation is 2. The number of ether oxygens (including phenoxy) is 3. The predicted octanol–water partition coefficient (Wildman–Crippen LogP) is 3.55. The molecule has 0 saturated carbocycles. The molecule has 0 atom stereocenters. The van der Waals surface area contributed by atoms with E-state index in [9.17, 15) is 0 Å². The first kappa shape index (κ1) is 24.7. The molecule has 0 spiro atoms. The van der Waals surface area contributed by atoms with E-state index in [4.69, 9.17) is 19.2 Å². The third-order valence-corrected chi connectivity index (χ3v) is 4.49. The molecule has 2 rings (SSSR count). The number of methoxy groups -OCH3 is 1. The number of hydrogen-bond donors (Lipinski definition) is 3.